The lowest BCUT2D eigenvalue weighted by molar-refractivity contribution is -0.142. The van der Waals surface area contributed by atoms with Gasteiger partial charge in [-0.2, -0.15) is 5.10 Å². The molecule has 3 heterocycles. The largest absolute Gasteiger partial charge is 0.356 e. The summed E-state index contributed by atoms with van der Waals surface area (Å²) in [6, 6.07) is 0. The molecule has 102 valence electrons. The average molecular weight is 263 g/mol. The molecular formula is C13H17N3O3. The van der Waals surface area contributed by atoms with Crippen LogP contribution in [0.1, 0.15) is 6.92 Å². The van der Waals surface area contributed by atoms with E-state index in [9.17, 15) is 9.59 Å². The molecule has 0 aromatic carbocycles. The molecule has 0 spiro atoms. The van der Waals surface area contributed by atoms with Gasteiger partial charge < -0.3 is 9.75 Å². The highest BCUT2D eigenvalue weighted by Gasteiger charge is 2.66. The van der Waals surface area contributed by atoms with Gasteiger partial charge in [-0.25, -0.2) is 0 Å². The van der Waals surface area contributed by atoms with Crippen molar-refractivity contribution in [3.05, 3.63) is 12.2 Å². The fraction of sp³-hybridized carbons (Fsp3) is 0.615. The van der Waals surface area contributed by atoms with E-state index in [4.69, 9.17) is 4.74 Å². The van der Waals surface area contributed by atoms with Crippen molar-refractivity contribution in [1.29, 1.82) is 0 Å². The first-order chi connectivity index (χ1) is 9.00. The van der Waals surface area contributed by atoms with E-state index in [-0.39, 0.29) is 23.8 Å². The molecule has 0 saturated carbocycles. The standard InChI is InChI=1S/C13H17N3O3/c1-4-16-11(17)9-8-5-6-13(19-8,7-14-15(2)3)10(9)12(16)18/h5-10H,4H2,1-3H3/b14-7+. The second kappa shape index (κ2) is 3.90. The van der Waals surface area contributed by atoms with Crippen LogP contribution in [0, 0.1) is 11.8 Å². The van der Waals surface area contributed by atoms with Gasteiger partial charge in [0.1, 0.15) is 5.60 Å². The summed E-state index contributed by atoms with van der Waals surface area (Å²) in [7, 11) is 3.60. The van der Waals surface area contributed by atoms with E-state index < -0.39 is 11.5 Å². The fourth-order valence-electron chi connectivity index (χ4n) is 3.16. The number of fused-ring (bicyclic) bond motifs is 5. The van der Waals surface area contributed by atoms with Crippen LogP contribution in [0.5, 0.6) is 0 Å². The summed E-state index contributed by atoms with van der Waals surface area (Å²) in [6.45, 7) is 2.23. The number of hydrogen-bond donors (Lipinski definition) is 0. The zero-order valence-corrected chi connectivity index (χ0v) is 11.2. The van der Waals surface area contributed by atoms with Crippen molar-refractivity contribution < 1.29 is 14.3 Å². The Bertz CT molecular complexity index is 499. The zero-order chi connectivity index (χ0) is 13.8. The van der Waals surface area contributed by atoms with Gasteiger partial charge in [-0.15, -0.1) is 0 Å². The fourth-order valence-corrected chi connectivity index (χ4v) is 3.16. The summed E-state index contributed by atoms with van der Waals surface area (Å²) in [5.74, 6) is -1.11. The highest BCUT2D eigenvalue weighted by molar-refractivity contribution is 6.09. The Hall–Kier alpha value is -1.69. The minimum atomic E-state index is -0.851. The van der Waals surface area contributed by atoms with Gasteiger partial charge in [0.15, 0.2) is 0 Å². The Morgan fingerprint density at radius 3 is 2.84 bits per heavy atom. The number of likely N-dealkylation sites (tertiary alicyclic amines) is 1. The average Bonchev–Trinajstić information content (AvgIpc) is 2.99. The molecule has 3 aliphatic heterocycles. The van der Waals surface area contributed by atoms with Crippen LogP contribution in [-0.2, 0) is 14.3 Å². The second-order valence-corrected chi connectivity index (χ2v) is 5.31. The lowest BCUT2D eigenvalue weighted by atomic mass is 9.77. The molecule has 0 aliphatic carbocycles. The first-order valence-electron chi connectivity index (χ1n) is 6.45. The quantitative estimate of drug-likeness (QED) is 0.308. The number of ether oxygens (including phenoxy) is 1. The van der Waals surface area contributed by atoms with E-state index in [1.807, 2.05) is 19.1 Å². The van der Waals surface area contributed by atoms with Crippen LogP contribution in [0.4, 0.5) is 0 Å². The summed E-state index contributed by atoms with van der Waals surface area (Å²) < 4.78 is 5.86. The van der Waals surface area contributed by atoms with Crippen molar-refractivity contribution in [2.45, 2.75) is 18.6 Å². The molecule has 3 rings (SSSR count). The van der Waals surface area contributed by atoms with Gasteiger partial charge in [-0.3, -0.25) is 14.5 Å². The minimum Gasteiger partial charge on any atom is -0.356 e. The maximum absolute atomic E-state index is 12.4. The zero-order valence-electron chi connectivity index (χ0n) is 11.2. The molecule has 2 fully saturated rings. The number of rotatable bonds is 3. The van der Waals surface area contributed by atoms with Crippen molar-refractivity contribution in [3.63, 3.8) is 0 Å². The lowest BCUT2D eigenvalue weighted by Gasteiger charge is -2.24. The van der Waals surface area contributed by atoms with Crippen molar-refractivity contribution in [1.82, 2.24) is 9.91 Å². The summed E-state index contributed by atoms with van der Waals surface area (Å²) >= 11 is 0. The molecule has 0 aromatic rings. The van der Waals surface area contributed by atoms with E-state index in [1.165, 1.54) is 4.90 Å². The minimum absolute atomic E-state index is 0.119. The molecule has 2 bridgehead atoms. The van der Waals surface area contributed by atoms with Gasteiger partial charge >= 0.3 is 0 Å². The second-order valence-electron chi connectivity index (χ2n) is 5.31. The molecule has 19 heavy (non-hydrogen) atoms. The topological polar surface area (TPSA) is 62.2 Å². The normalized spacial score (nSPS) is 39.7. The molecule has 2 amide bonds. The molecule has 6 nitrogen and oxygen atoms in total. The van der Waals surface area contributed by atoms with Crippen LogP contribution < -0.4 is 0 Å². The van der Waals surface area contributed by atoms with E-state index in [0.717, 1.165) is 0 Å². The maximum Gasteiger partial charge on any atom is 0.236 e. The first-order valence-corrected chi connectivity index (χ1v) is 6.45. The Morgan fingerprint density at radius 2 is 2.21 bits per heavy atom. The number of carbonyl (C=O) groups is 2. The van der Waals surface area contributed by atoms with Crippen LogP contribution in [0.2, 0.25) is 0 Å². The third kappa shape index (κ3) is 1.49. The molecule has 4 atom stereocenters. The van der Waals surface area contributed by atoms with Crippen molar-refractivity contribution in [2.24, 2.45) is 16.9 Å². The number of amides is 2. The van der Waals surface area contributed by atoms with E-state index in [0.29, 0.717) is 6.54 Å². The SMILES string of the molecule is CCN1C(=O)C2C3C=CC(/C=N/N(C)C)(O3)C2C1=O. The molecule has 3 aliphatic rings. The summed E-state index contributed by atoms with van der Waals surface area (Å²) in [5.41, 5.74) is -0.851. The Balaban J connectivity index is 1.99. The molecule has 0 aromatic heterocycles. The molecule has 0 radical (unpaired) electrons. The monoisotopic (exact) mass is 263 g/mol. The Labute approximate surface area is 111 Å². The van der Waals surface area contributed by atoms with Crippen molar-refractivity contribution in [2.75, 3.05) is 20.6 Å². The predicted molar refractivity (Wildman–Crippen MR) is 68.3 cm³/mol. The van der Waals surface area contributed by atoms with E-state index in [2.05, 4.69) is 5.10 Å². The van der Waals surface area contributed by atoms with Gasteiger partial charge in [0, 0.05) is 20.6 Å². The van der Waals surface area contributed by atoms with Crippen LogP contribution in [0.25, 0.3) is 0 Å². The molecular weight excluding hydrogens is 246 g/mol. The predicted octanol–water partition coefficient (Wildman–Crippen LogP) is -0.138. The summed E-state index contributed by atoms with van der Waals surface area (Å²) in [4.78, 5) is 25.9. The van der Waals surface area contributed by atoms with E-state index in [1.54, 1.807) is 25.3 Å². The first kappa shape index (κ1) is 12.3. The highest BCUT2D eigenvalue weighted by Crippen LogP contribution is 2.50. The number of hydrogen-bond acceptors (Lipinski definition) is 5. The molecule has 6 heteroatoms. The number of hydrazone groups is 1. The number of nitrogens with zero attached hydrogens (tertiary/aromatic N) is 3. The van der Waals surface area contributed by atoms with Crippen LogP contribution in [0.3, 0.4) is 0 Å². The summed E-state index contributed by atoms with van der Waals surface area (Å²) in [5, 5.41) is 5.84. The van der Waals surface area contributed by atoms with Gasteiger partial charge in [-0.1, -0.05) is 6.08 Å². The van der Waals surface area contributed by atoms with Crippen molar-refractivity contribution in [3.8, 4) is 0 Å². The number of imide groups is 1. The van der Waals surface area contributed by atoms with Crippen molar-refractivity contribution >= 4 is 18.0 Å². The van der Waals surface area contributed by atoms with Crippen LogP contribution >= 0.6 is 0 Å². The van der Waals surface area contributed by atoms with Crippen LogP contribution in [0.15, 0.2) is 17.3 Å². The summed E-state index contributed by atoms with van der Waals surface area (Å²) in [6.07, 6.45) is 5.06. The Morgan fingerprint density at radius 1 is 1.47 bits per heavy atom. The van der Waals surface area contributed by atoms with Gasteiger partial charge in [0.25, 0.3) is 0 Å². The number of carbonyl (C=O) groups excluding carboxylic acids is 2. The van der Waals surface area contributed by atoms with Gasteiger partial charge in [-0.05, 0) is 13.0 Å². The molecule has 4 unspecified atom stereocenters. The highest BCUT2D eigenvalue weighted by atomic mass is 16.5. The van der Waals surface area contributed by atoms with Crippen LogP contribution in [-0.4, -0.2) is 60.3 Å². The third-order valence-corrected chi connectivity index (χ3v) is 3.98. The van der Waals surface area contributed by atoms with Gasteiger partial charge in [0.05, 0.1) is 24.2 Å². The molecule has 0 N–H and O–H groups in total. The maximum atomic E-state index is 12.4. The van der Waals surface area contributed by atoms with E-state index >= 15 is 0 Å². The third-order valence-electron chi connectivity index (χ3n) is 3.98. The molecule has 2 saturated heterocycles. The van der Waals surface area contributed by atoms with Gasteiger partial charge in [0.2, 0.25) is 11.8 Å². The lowest BCUT2D eigenvalue weighted by Crippen LogP contribution is -2.42. The Kier molecular flexibility index (Phi) is 2.53. The smallest absolute Gasteiger partial charge is 0.236 e.